The summed E-state index contributed by atoms with van der Waals surface area (Å²) in [5.74, 6) is 0.823. The van der Waals surface area contributed by atoms with Crippen LogP contribution in [0.4, 0.5) is 0 Å². The smallest absolute Gasteiger partial charge is 0.227 e. The molecule has 2 fully saturated rings. The summed E-state index contributed by atoms with van der Waals surface area (Å²) in [5, 5.41) is 0. The Hall–Kier alpha value is -1.39. The molecule has 0 aromatic heterocycles. The van der Waals surface area contributed by atoms with E-state index in [9.17, 15) is 4.79 Å². The number of benzene rings is 1. The maximum atomic E-state index is 12.6. The molecule has 1 aromatic rings. The third-order valence-electron chi connectivity index (χ3n) is 5.00. The summed E-state index contributed by atoms with van der Waals surface area (Å²) in [6.45, 7) is 3.54. The van der Waals surface area contributed by atoms with Crippen LogP contribution < -0.4 is 0 Å². The average molecular weight is 316 g/mol. The number of rotatable bonds is 4. The number of ether oxygens (including phenoxy) is 1. The van der Waals surface area contributed by atoms with Crippen molar-refractivity contribution < 1.29 is 9.53 Å². The van der Waals surface area contributed by atoms with Gasteiger partial charge in [-0.15, -0.1) is 0 Å². The highest BCUT2D eigenvalue weighted by molar-refractivity contribution is 5.79. The van der Waals surface area contributed by atoms with Gasteiger partial charge in [0.15, 0.2) is 0 Å². The summed E-state index contributed by atoms with van der Waals surface area (Å²) in [5.41, 5.74) is 1.00. The van der Waals surface area contributed by atoms with E-state index in [4.69, 9.17) is 4.74 Å². The predicted octanol–water partition coefficient (Wildman–Crippen LogP) is 2.19. The van der Waals surface area contributed by atoms with Crippen LogP contribution >= 0.6 is 0 Å². The fourth-order valence-electron chi connectivity index (χ4n) is 4.05. The van der Waals surface area contributed by atoms with Crippen molar-refractivity contribution in [1.29, 1.82) is 0 Å². The summed E-state index contributed by atoms with van der Waals surface area (Å²) >= 11 is 0. The molecule has 126 valence electrons. The van der Waals surface area contributed by atoms with Gasteiger partial charge < -0.3 is 14.5 Å². The predicted molar refractivity (Wildman–Crippen MR) is 91.3 cm³/mol. The molecule has 2 saturated heterocycles. The first-order chi connectivity index (χ1) is 11.1. The van der Waals surface area contributed by atoms with Crippen LogP contribution in [-0.4, -0.2) is 61.6 Å². The second-order valence-corrected chi connectivity index (χ2v) is 7.41. The molecule has 1 amide bonds. The molecule has 1 aromatic carbocycles. The molecule has 0 aliphatic carbocycles. The van der Waals surface area contributed by atoms with E-state index < -0.39 is 0 Å². The van der Waals surface area contributed by atoms with Gasteiger partial charge in [-0.3, -0.25) is 4.79 Å². The quantitative estimate of drug-likeness (QED) is 0.853. The molecule has 23 heavy (non-hydrogen) atoms. The molecule has 0 unspecified atom stereocenters. The van der Waals surface area contributed by atoms with Crippen LogP contribution in [0.1, 0.15) is 24.8 Å². The van der Waals surface area contributed by atoms with Gasteiger partial charge >= 0.3 is 0 Å². The molecule has 2 aliphatic rings. The summed E-state index contributed by atoms with van der Waals surface area (Å²) < 4.78 is 6.20. The molecular weight excluding hydrogens is 288 g/mol. The maximum absolute atomic E-state index is 12.6. The van der Waals surface area contributed by atoms with Crippen LogP contribution in [0.2, 0.25) is 0 Å². The summed E-state index contributed by atoms with van der Waals surface area (Å²) in [6, 6.07) is 10.0. The van der Waals surface area contributed by atoms with Gasteiger partial charge in [0.1, 0.15) is 0 Å². The van der Waals surface area contributed by atoms with Crippen molar-refractivity contribution in [1.82, 2.24) is 9.80 Å². The zero-order valence-electron chi connectivity index (χ0n) is 14.3. The molecule has 2 heterocycles. The Morgan fingerprint density at radius 3 is 2.87 bits per heavy atom. The van der Waals surface area contributed by atoms with Gasteiger partial charge in [-0.05, 0) is 44.8 Å². The molecule has 2 aliphatic heterocycles. The number of carbonyl (C=O) groups is 1. The Morgan fingerprint density at radius 2 is 2.13 bits per heavy atom. The fraction of sp³-hybridized carbons (Fsp3) is 0.632. The molecule has 4 heteroatoms. The third kappa shape index (κ3) is 4.12. The number of hydrogen-bond acceptors (Lipinski definition) is 3. The first kappa shape index (κ1) is 16.5. The highest BCUT2D eigenvalue weighted by Crippen LogP contribution is 2.37. The van der Waals surface area contributed by atoms with Crippen LogP contribution in [0.3, 0.4) is 0 Å². The molecule has 0 radical (unpaired) electrons. The highest BCUT2D eigenvalue weighted by atomic mass is 16.5. The Kier molecular flexibility index (Phi) is 5.02. The van der Waals surface area contributed by atoms with Crippen molar-refractivity contribution in [3.63, 3.8) is 0 Å². The van der Waals surface area contributed by atoms with Gasteiger partial charge in [-0.2, -0.15) is 0 Å². The minimum Gasteiger partial charge on any atom is -0.373 e. The van der Waals surface area contributed by atoms with Crippen molar-refractivity contribution >= 4 is 5.91 Å². The minimum atomic E-state index is -0.0920. The largest absolute Gasteiger partial charge is 0.373 e. The number of likely N-dealkylation sites (tertiary alicyclic amines) is 1. The Bertz CT molecular complexity index is 531. The van der Waals surface area contributed by atoms with E-state index in [1.165, 1.54) is 0 Å². The van der Waals surface area contributed by atoms with E-state index in [0.717, 1.165) is 51.1 Å². The normalized spacial score (nSPS) is 27.8. The van der Waals surface area contributed by atoms with E-state index in [2.05, 4.69) is 19.0 Å². The molecule has 2 atom stereocenters. The molecular formula is C19H28N2O2. The lowest BCUT2D eigenvalue weighted by Gasteiger charge is -2.40. The molecule has 1 spiro atoms. The number of amides is 1. The highest BCUT2D eigenvalue weighted by Gasteiger charge is 2.44. The SMILES string of the molecule is CN(C)C[C@@H]1CO[C@@]2(CCCN(C(=O)Cc3ccccc3)C2)C1. The molecule has 0 bridgehead atoms. The van der Waals surface area contributed by atoms with Gasteiger partial charge in [0, 0.05) is 19.6 Å². The first-order valence-electron chi connectivity index (χ1n) is 8.67. The zero-order valence-corrected chi connectivity index (χ0v) is 14.3. The van der Waals surface area contributed by atoms with Crippen LogP contribution in [0.15, 0.2) is 30.3 Å². The fourth-order valence-corrected chi connectivity index (χ4v) is 4.05. The lowest BCUT2D eigenvalue weighted by Crippen LogP contribution is -2.50. The van der Waals surface area contributed by atoms with E-state index in [-0.39, 0.29) is 11.5 Å². The lowest BCUT2D eigenvalue weighted by molar-refractivity contribution is -0.138. The lowest BCUT2D eigenvalue weighted by atomic mass is 9.86. The van der Waals surface area contributed by atoms with Crippen molar-refractivity contribution in [2.45, 2.75) is 31.3 Å². The van der Waals surface area contributed by atoms with Crippen molar-refractivity contribution in [3.8, 4) is 0 Å². The Morgan fingerprint density at radius 1 is 1.35 bits per heavy atom. The standard InChI is InChI=1S/C19H28N2O2/c1-20(2)13-17-12-19(23-14-17)9-6-10-21(15-19)18(22)11-16-7-4-3-5-8-16/h3-5,7-8,17H,6,9-15H2,1-2H3/t17-,19+/m1/s1. The second-order valence-electron chi connectivity index (χ2n) is 7.41. The van der Waals surface area contributed by atoms with Crippen molar-refractivity contribution in [2.24, 2.45) is 5.92 Å². The van der Waals surface area contributed by atoms with Crippen LogP contribution in [0.5, 0.6) is 0 Å². The first-order valence-corrected chi connectivity index (χ1v) is 8.67. The summed E-state index contributed by atoms with van der Waals surface area (Å²) in [6.07, 6.45) is 3.72. The average Bonchev–Trinajstić information content (AvgIpc) is 2.89. The van der Waals surface area contributed by atoms with Crippen LogP contribution in [0.25, 0.3) is 0 Å². The van der Waals surface area contributed by atoms with E-state index in [1.54, 1.807) is 0 Å². The van der Waals surface area contributed by atoms with Crippen molar-refractivity contribution in [2.75, 3.05) is 40.3 Å². The van der Waals surface area contributed by atoms with Gasteiger partial charge in [0.25, 0.3) is 0 Å². The Labute approximate surface area is 139 Å². The Balaban J connectivity index is 1.59. The van der Waals surface area contributed by atoms with Crippen LogP contribution in [0, 0.1) is 5.92 Å². The topological polar surface area (TPSA) is 32.8 Å². The van der Waals surface area contributed by atoms with Gasteiger partial charge in [-0.1, -0.05) is 30.3 Å². The molecule has 0 saturated carbocycles. The second kappa shape index (κ2) is 7.02. The summed E-state index contributed by atoms with van der Waals surface area (Å²) in [4.78, 5) is 16.9. The number of piperidine rings is 1. The molecule has 4 nitrogen and oxygen atoms in total. The van der Waals surface area contributed by atoms with Gasteiger partial charge in [-0.25, -0.2) is 0 Å². The monoisotopic (exact) mass is 316 g/mol. The van der Waals surface area contributed by atoms with E-state index >= 15 is 0 Å². The van der Waals surface area contributed by atoms with Crippen LogP contribution in [-0.2, 0) is 16.0 Å². The maximum Gasteiger partial charge on any atom is 0.227 e. The van der Waals surface area contributed by atoms with Crippen molar-refractivity contribution in [3.05, 3.63) is 35.9 Å². The minimum absolute atomic E-state index is 0.0920. The van der Waals surface area contributed by atoms with Gasteiger partial charge in [0.2, 0.25) is 5.91 Å². The van der Waals surface area contributed by atoms with Gasteiger partial charge in [0.05, 0.1) is 18.6 Å². The summed E-state index contributed by atoms with van der Waals surface area (Å²) in [7, 11) is 4.23. The van der Waals surface area contributed by atoms with E-state index in [0.29, 0.717) is 12.3 Å². The third-order valence-corrected chi connectivity index (χ3v) is 5.00. The van der Waals surface area contributed by atoms with E-state index in [1.807, 2.05) is 35.2 Å². The number of nitrogens with zero attached hydrogens (tertiary/aromatic N) is 2. The zero-order chi connectivity index (χ0) is 16.3. The number of hydrogen-bond donors (Lipinski definition) is 0. The molecule has 0 N–H and O–H groups in total. The number of carbonyl (C=O) groups excluding carboxylic acids is 1. The molecule has 3 rings (SSSR count).